The van der Waals surface area contributed by atoms with E-state index in [2.05, 4.69) is 26.2 Å². The number of hydrogen-bond donors (Lipinski definition) is 1. The van der Waals surface area contributed by atoms with Crippen LogP contribution in [0.3, 0.4) is 0 Å². The third kappa shape index (κ3) is 5.24. The van der Waals surface area contributed by atoms with Crippen molar-refractivity contribution >= 4 is 44.3 Å². The van der Waals surface area contributed by atoms with Gasteiger partial charge in [-0.25, -0.2) is 9.78 Å². The number of amides is 1. The fourth-order valence-electron chi connectivity index (χ4n) is 2.57. The van der Waals surface area contributed by atoms with Gasteiger partial charge < -0.3 is 4.74 Å². The lowest BCUT2D eigenvalue weighted by Gasteiger charge is -2.06. The Morgan fingerprint density at radius 3 is 2.59 bits per heavy atom. The van der Waals surface area contributed by atoms with Gasteiger partial charge in [0.1, 0.15) is 0 Å². The summed E-state index contributed by atoms with van der Waals surface area (Å²) in [4.78, 5) is 28.6. The zero-order valence-electron chi connectivity index (χ0n) is 14.8. The largest absolute Gasteiger partial charge is 0.452 e. The van der Waals surface area contributed by atoms with Gasteiger partial charge in [0.2, 0.25) is 0 Å². The number of nitrogens with one attached hydrogen (secondary N) is 1. The van der Waals surface area contributed by atoms with Gasteiger partial charge in [0.05, 0.1) is 11.3 Å². The summed E-state index contributed by atoms with van der Waals surface area (Å²) in [5.74, 6) is -0.950. The van der Waals surface area contributed by atoms with E-state index in [1.807, 2.05) is 49.6 Å². The van der Waals surface area contributed by atoms with E-state index >= 15 is 0 Å². The highest BCUT2D eigenvalue weighted by Gasteiger charge is 2.13. The quantitative estimate of drug-likeness (QED) is 0.563. The number of carbonyl (C=O) groups is 2. The molecule has 1 aromatic heterocycles. The van der Waals surface area contributed by atoms with Crippen molar-refractivity contribution in [3.8, 4) is 11.3 Å². The normalized spacial score (nSPS) is 10.5. The Morgan fingerprint density at radius 2 is 1.89 bits per heavy atom. The molecule has 0 radical (unpaired) electrons. The fraction of sp³-hybridized carbons (Fsp3) is 0.150. The molecule has 7 heteroatoms. The number of hydrogen-bond acceptors (Lipinski definition) is 5. The van der Waals surface area contributed by atoms with Crippen molar-refractivity contribution in [3.63, 3.8) is 0 Å². The first-order valence-corrected chi connectivity index (χ1v) is 9.85. The molecule has 5 nitrogen and oxygen atoms in total. The van der Waals surface area contributed by atoms with Crippen LogP contribution in [-0.4, -0.2) is 23.5 Å². The predicted molar refractivity (Wildman–Crippen MR) is 110 cm³/mol. The molecule has 0 saturated carbocycles. The van der Waals surface area contributed by atoms with Crippen LogP contribution < -0.4 is 5.32 Å². The molecule has 0 spiro atoms. The number of rotatable bonds is 5. The summed E-state index contributed by atoms with van der Waals surface area (Å²) < 4.78 is 6.05. The van der Waals surface area contributed by atoms with E-state index in [0.717, 1.165) is 26.9 Å². The van der Waals surface area contributed by atoms with Crippen molar-refractivity contribution in [3.05, 3.63) is 69.0 Å². The van der Waals surface area contributed by atoms with Gasteiger partial charge in [-0.05, 0) is 38.1 Å². The number of aryl methyl sites for hydroxylation is 2. The van der Waals surface area contributed by atoms with Crippen molar-refractivity contribution in [1.29, 1.82) is 0 Å². The van der Waals surface area contributed by atoms with E-state index in [0.29, 0.717) is 10.7 Å². The third-order valence-corrected chi connectivity index (χ3v) is 4.91. The van der Waals surface area contributed by atoms with Gasteiger partial charge in [0.15, 0.2) is 11.7 Å². The molecule has 27 heavy (non-hydrogen) atoms. The Labute approximate surface area is 169 Å². The number of carbonyl (C=O) groups excluding carboxylic acids is 2. The minimum absolute atomic E-state index is 0.363. The Morgan fingerprint density at radius 1 is 1.15 bits per heavy atom. The van der Waals surface area contributed by atoms with Gasteiger partial charge in [0, 0.05) is 15.4 Å². The molecule has 3 rings (SSSR count). The SMILES string of the molecule is Cc1cc(C)cc(C(=O)OCC(=O)Nc2nc(-c3cccc(Br)c3)cs2)c1. The minimum atomic E-state index is -0.522. The van der Waals surface area contributed by atoms with Crippen molar-refractivity contribution in [2.24, 2.45) is 0 Å². The van der Waals surface area contributed by atoms with Crippen LogP contribution >= 0.6 is 27.3 Å². The highest BCUT2D eigenvalue weighted by molar-refractivity contribution is 9.10. The van der Waals surface area contributed by atoms with Crippen LogP contribution in [0, 0.1) is 13.8 Å². The molecule has 1 amide bonds. The Kier molecular flexibility index (Phi) is 6.03. The van der Waals surface area contributed by atoms with E-state index in [4.69, 9.17) is 4.74 Å². The van der Waals surface area contributed by atoms with Gasteiger partial charge in [-0.15, -0.1) is 11.3 Å². The lowest BCUT2D eigenvalue weighted by Crippen LogP contribution is -2.21. The van der Waals surface area contributed by atoms with Crippen molar-refractivity contribution in [2.75, 3.05) is 11.9 Å². The molecule has 0 aliphatic rings. The second kappa shape index (κ2) is 8.45. The number of esters is 1. The summed E-state index contributed by atoms with van der Waals surface area (Å²) in [6.07, 6.45) is 0. The maximum Gasteiger partial charge on any atom is 0.338 e. The standard InChI is InChI=1S/C20H17BrN2O3S/c1-12-6-13(2)8-15(7-12)19(25)26-10-18(24)23-20-22-17(11-27-20)14-4-3-5-16(21)9-14/h3-9,11H,10H2,1-2H3,(H,22,23,24). The van der Waals surface area contributed by atoms with E-state index < -0.39 is 11.9 Å². The number of nitrogens with zero attached hydrogens (tertiary/aromatic N) is 1. The summed E-state index contributed by atoms with van der Waals surface area (Å²) in [5, 5.41) is 4.97. The van der Waals surface area contributed by atoms with Crippen LogP contribution in [-0.2, 0) is 9.53 Å². The van der Waals surface area contributed by atoms with Crippen LogP contribution in [0.2, 0.25) is 0 Å². The van der Waals surface area contributed by atoms with Crippen molar-refractivity contribution in [1.82, 2.24) is 4.98 Å². The maximum atomic E-state index is 12.1. The maximum absolute atomic E-state index is 12.1. The molecule has 1 heterocycles. The molecule has 0 aliphatic heterocycles. The molecular weight excluding hydrogens is 428 g/mol. The molecule has 0 saturated heterocycles. The van der Waals surface area contributed by atoms with Gasteiger partial charge in [0.25, 0.3) is 5.91 Å². The smallest absolute Gasteiger partial charge is 0.338 e. The average molecular weight is 445 g/mol. The molecule has 0 fully saturated rings. The first-order valence-electron chi connectivity index (χ1n) is 8.17. The molecule has 138 valence electrons. The number of halogens is 1. The van der Waals surface area contributed by atoms with Crippen LogP contribution in [0.25, 0.3) is 11.3 Å². The summed E-state index contributed by atoms with van der Waals surface area (Å²) in [5.41, 5.74) is 4.08. The topological polar surface area (TPSA) is 68.3 Å². The van der Waals surface area contributed by atoms with E-state index in [1.165, 1.54) is 11.3 Å². The number of ether oxygens (including phenoxy) is 1. The van der Waals surface area contributed by atoms with Gasteiger partial charge in [-0.3, -0.25) is 10.1 Å². The Bertz CT molecular complexity index is 980. The summed E-state index contributed by atoms with van der Waals surface area (Å²) in [7, 11) is 0. The lowest BCUT2D eigenvalue weighted by molar-refractivity contribution is -0.119. The second-order valence-electron chi connectivity index (χ2n) is 6.05. The molecule has 0 atom stereocenters. The predicted octanol–water partition coefficient (Wildman–Crippen LogP) is 4.98. The van der Waals surface area contributed by atoms with Gasteiger partial charge in [-0.1, -0.05) is 45.3 Å². The lowest BCUT2D eigenvalue weighted by atomic mass is 10.1. The first kappa shape index (κ1) is 19.3. The molecule has 3 aromatic rings. The fourth-order valence-corrected chi connectivity index (χ4v) is 3.71. The van der Waals surface area contributed by atoms with Gasteiger partial charge >= 0.3 is 5.97 Å². The second-order valence-corrected chi connectivity index (χ2v) is 7.82. The van der Waals surface area contributed by atoms with Crippen LogP contribution in [0.5, 0.6) is 0 Å². The highest BCUT2D eigenvalue weighted by atomic mass is 79.9. The van der Waals surface area contributed by atoms with Gasteiger partial charge in [-0.2, -0.15) is 0 Å². The summed E-state index contributed by atoms with van der Waals surface area (Å²) in [6.45, 7) is 3.45. The van der Waals surface area contributed by atoms with Crippen molar-refractivity contribution < 1.29 is 14.3 Å². The minimum Gasteiger partial charge on any atom is -0.452 e. The number of benzene rings is 2. The molecular formula is C20H17BrN2O3S. The Balaban J connectivity index is 1.57. The van der Waals surface area contributed by atoms with Crippen LogP contribution in [0.15, 0.2) is 52.3 Å². The van der Waals surface area contributed by atoms with Crippen molar-refractivity contribution in [2.45, 2.75) is 13.8 Å². The molecule has 2 aromatic carbocycles. The van der Waals surface area contributed by atoms with Crippen LogP contribution in [0.4, 0.5) is 5.13 Å². The molecule has 0 bridgehead atoms. The Hall–Kier alpha value is -2.51. The zero-order chi connectivity index (χ0) is 19.4. The van der Waals surface area contributed by atoms with E-state index in [9.17, 15) is 9.59 Å². The first-order chi connectivity index (χ1) is 12.9. The average Bonchev–Trinajstić information content (AvgIpc) is 3.07. The van der Waals surface area contributed by atoms with E-state index in [-0.39, 0.29) is 6.61 Å². The zero-order valence-corrected chi connectivity index (χ0v) is 17.2. The molecule has 0 unspecified atom stereocenters. The number of aromatic nitrogens is 1. The van der Waals surface area contributed by atoms with Crippen LogP contribution in [0.1, 0.15) is 21.5 Å². The number of anilines is 1. The number of thiazole rings is 1. The monoisotopic (exact) mass is 444 g/mol. The van der Waals surface area contributed by atoms with E-state index in [1.54, 1.807) is 12.1 Å². The summed E-state index contributed by atoms with van der Waals surface area (Å²) >= 11 is 4.74. The molecule has 1 N–H and O–H groups in total. The highest BCUT2D eigenvalue weighted by Crippen LogP contribution is 2.26. The summed E-state index contributed by atoms with van der Waals surface area (Å²) in [6, 6.07) is 13.2. The third-order valence-electron chi connectivity index (χ3n) is 3.66. The molecule has 0 aliphatic carbocycles.